The molecule has 0 saturated heterocycles. The molecule has 2 rings (SSSR count). The second kappa shape index (κ2) is 7.94. The molecule has 0 radical (unpaired) electrons. The number of Topliss-reactive ketones (excluding diaryl/α,β-unsaturated/α-hetero) is 1. The van der Waals surface area contributed by atoms with Gasteiger partial charge in [-0.1, -0.05) is 47.8 Å². The number of carbonyl (C=O) groups is 1. The number of rotatable bonds is 7. The van der Waals surface area contributed by atoms with Gasteiger partial charge in [-0.3, -0.25) is 4.79 Å². The predicted molar refractivity (Wildman–Crippen MR) is 87.2 cm³/mol. The highest BCUT2D eigenvalue weighted by atomic mass is 79.9. The molecule has 0 N–H and O–H groups in total. The second-order valence-corrected chi connectivity index (χ2v) is 6.52. The fraction of sp³-hybridized carbons (Fsp3) is 0.588. The molecule has 1 aromatic rings. The molecular formula is C17H24BrNO. The van der Waals surface area contributed by atoms with Gasteiger partial charge < -0.3 is 4.90 Å². The van der Waals surface area contributed by atoms with E-state index in [-0.39, 0.29) is 5.78 Å². The molecule has 0 atom stereocenters. The van der Waals surface area contributed by atoms with Gasteiger partial charge in [0.25, 0.3) is 0 Å². The number of halogens is 1. The average molecular weight is 338 g/mol. The Hall–Kier alpha value is -0.670. The maximum Gasteiger partial charge on any atom is 0.162 e. The van der Waals surface area contributed by atoms with Crippen molar-refractivity contribution in [2.24, 2.45) is 0 Å². The SMILES string of the molecule is CCN(CCCC(=O)c1ccc(Br)cc1)C1CCCC1. The first-order valence-electron chi connectivity index (χ1n) is 7.73. The Morgan fingerprint density at radius 1 is 1.25 bits per heavy atom. The lowest BCUT2D eigenvalue weighted by atomic mass is 10.1. The molecule has 1 aliphatic carbocycles. The molecule has 0 aromatic heterocycles. The van der Waals surface area contributed by atoms with Crippen molar-refractivity contribution < 1.29 is 4.79 Å². The van der Waals surface area contributed by atoms with Gasteiger partial charge in [-0.15, -0.1) is 0 Å². The molecule has 0 aliphatic heterocycles. The normalized spacial score (nSPS) is 15.9. The van der Waals surface area contributed by atoms with Crippen molar-refractivity contribution in [3.8, 4) is 0 Å². The van der Waals surface area contributed by atoms with E-state index >= 15 is 0 Å². The molecule has 1 fully saturated rings. The minimum absolute atomic E-state index is 0.264. The summed E-state index contributed by atoms with van der Waals surface area (Å²) in [5, 5.41) is 0. The molecule has 1 aliphatic rings. The fourth-order valence-electron chi connectivity index (χ4n) is 3.09. The van der Waals surface area contributed by atoms with Crippen molar-refractivity contribution in [1.29, 1.82) is 0 Å². The van der Waals surface area contributed by atoms with E-state index in [1.807, 2.05) is 24.3 Å². The molecule has 3 heteroatoms. The van der Waals surface area contributed by atoms with Crippen LogP contribution in [0, 0.1) is 0 Å². The van der Waals surface area contributed by atoms with Crippen molar-refractivity contribution in [1.82, 2.24) is 4.90 Å². The quantitative estimate of drug-likeness (QED) is 0.673. The zero-order valence-electron chi connectivity index (χ0n) is 12.3. The first-order valence-corrected chi connectivity index (χ1v) is 8.53. The van der Waals surface area contributed by atoms with Crippen molar-refractivity contribution in [3.05, 3.63) is 34.3 Å². The number of carbonyl (C=O) groups excluding carboxylic acids is 1. The van der Waals surface area contributed by atoms with Crippen LogP contribution in [0.5, 0.6) is 0 Å². The van der Waals surface area contributed by atoms with Gasteiger partial charge in [0.15, 0.2) is 5.78 Å². The van der Waals surface area contributed by atoms with E-state index in [1.54, 1.807) is 0 Å². The van der Waals surface area contributed by atoms with E-state index in [2.05, 4.69) is 27.8 Å². The summed E-state index contributed by atoms with van der Waals surface area (Å²) in [4.78, 5) is 14.7. The summed E-state index contributed by atoms with van der Waals surface area (Å²) in [6.07, 6.45) is 7.06. The highest BCUT2D eigenvalue weighted by Gasteiger charge is 2.20. The van der Waals surface area contributed by atoms with Crippen LogP contribution in [0.1, 0.15) is 55.8 Å². The highest BCUT2D eigenvalue weighted by Crippen LogP contribution is 2.23. The molecule has 0 bridgehead atoms. The predicted octanol–water partition coefficient (Wildman–Crippen LogP) is 4.68. The third-order valence-corrected chi connectivity index (χ3v) is 4.79. The highest BCUT2D eigenvalue weighted by molar-refractivity contribution is 9.10. The number of benzene rings is 1. The zero-order chi connectivity index (χ0) is 14.4. The van der Waals surface area contributed by atoms with Gasteiger partial charge >= 0.3 is 0 Å². The van der Waals surface area contributed by atoms with Gasteiger partial charge in [-0.2, -0.15) is 0 Å². The van der Waals surface area contributed by atoms with Gasteiger partial charge in [-0.25, -0.2) is 0 Å². The molecule has 20 heavy (non-hydrogen) atoms. The smallest absolute Gasteiger partial charge is 0.162 e. The lowest BCUT2D eigenvalue weighted by molar-refractivity contribution is 0.0971. The van der Waals surface area contributed by atoms with Crippen LogP contribution in [0.2, 0.25) is 0 Å². The minimum atomic E-state index is 0.264. The van der Waals surface area contributed by atoms with Crippen LogP contribution in [-0.4, -0.2) is 29.8 Å². The van der Waals surface area contributed by atoms with E-state index in [9.17, 15) is 4.79 Å². The Morgan fingerprint density at radius 2 is 1.90 bits per heavy atom. The summed E-state index contributed by atoms with van der Waals surface area (Å²) in [6, 6.07) is 8.44. The summed E-state index contributed by atoms with van der Waals surface area (Å²) in [5.41, 5.74) is 0.831. The van der Waals surface area contributed by atoms with Crippen molar-refractivity contribution in [2.45, 2.75) is 51.5 Å². The molecule has 0 amide bonds. The maximum atomic E-state index is 12.1. The molecule has 0 unspecified atom stereocenters. The van der Waals surface area contributed by atoms with Crippen molar-refractivity contribution in [2.75, 3.05) is 13.1 Å². The first-order chi connectivity index (χ1) is 9.70. The molecule has 110 valence electrons. The fourth-order valence-corrected chi connectivity index (χ4v) is 3.36. The van der Waals surface area contributed by atoms with E-state index in [4.69, 9.17) is 0 Å². The summed E-state index contributed by atoms with van der Waals surface area (Å²) in [5.74, 6) is 0.264. The first kappa shape index (κ1) is 15.7. The number of hydrogen-bond donors (Lipinski definition) is 0. The lowest BCUT2D eigenvalue weighted by Gasteiger charge is -2.27. The summed E-state index contributed by atoms with van der Waals surface area (Å²) in [7, 11) is 0. The largest absolute Gasteiger partial charge is 0.301 e. The molecule has 1 aromatic carbocycles. The van der Waals surface area contributed by atoms with Gasteiger partial charge in [0.2, 0.25) is 0 Å². The summed E-state index contributed by atoms with van der Waals surface area (Å²) in [6.45, 7) is 4.40. The van der Waals surface area contributed by atoms with Crippen LogP contribution in [0.3, 0.4) is 0 Å². The van der Waals surface area contributed by atoms with Crippen LogP contribution < -0.4 is 0 Å². The van der Waals surface area contributed by atoms with Crippen LogP contribution in [0.25, 0.3) is 0 Å². The molecular weight excluding hydrogens is 314 g/mol. The third-order valence-electron chi connectivity index (χ3n) is 4.26. The Morgan fingerprint density at radius 3 is 2.50 bits per heavy atom. The number of hydrogen-bond acceptors (Lipinski definition) is 2. The molecule has 0 heterocycles. The minimum Gasteiger partial charge on any atom is -0.301 e. The topological polar surface area (TPSA) is 20.3 Å². The monoisotopic (exact) mass is 337 g/mol. The van der Waals surface area contributed by atoms with E-state index in [0.29, 0.717) is 6.42 Å². The lowest BCUT2D eigenvalue weighted by Crippen LogP contribution is -2.34. The van der Waals surface area contributed by atoms with Gasteiger partial charge in [0.1, 0.15) is 0 Å². The zero-order valence-corrected chi connectivity index (χ0v) is 13.9. The Kier molecular flexibility index (Phi) is 6.24. The third kappa shape index (κ3) is 4.42. The summed E-state index contributed by atoms with van der Waals surface area (Å²) < 4.78 is 1.02. The van der Waals surface area contributed by atoms with Crippen molar-refractivity contribution in [3.63, 3.8) is 0 Å². The summed E-state index contributed by atoms with van der Waals surface area (Å²) >= 11 is 3.40. The maximum absolute atomic E-state index is 12.1. The molecule has 1 saturated carbocycles. The van der Waals surface area contributed by atoms with Crippen LogP contribution in [0.15, 0.2) is 28.7 Å². The van der Waals surface area contributed by atoms with E-state index < -0.39 is 0 Å². The second-order valence-electron chi connectivity index (χ2n) is 5.60. The van der Waals surface area contributed by atoms with E-state index in [1.165, 1.54) is 25.7 Å². The number of ketones is 1. The van der Waals surface area contributed by atoms with Crippen molar-refractivity contribution >= 4 is 21.7 Å². The Balaban J connectivity index is 1.76. The van der Waals surface area contributed by atoms with Crippen LogP contribution in [0.4, 0.5) is 0 Å². The van der Waals surface area contributed by atoms with E-state index in [0.717, 1.165) is 35.6 Å². The Labute approximate surface area is 130 Å². The van der Waals surface area contributed by atoms with Crippen LogP contribution >= 0.6 is 15.9 Å². The molecule has 0 spiro atoms. The molecule has 2 nitrogen and oxygen atoms in total. The standard InChI is InChI=1S/C17H24BrNO/c1-2-19(16-6-3-4-7-16)13-5-8-17(20)14-9-11-15(18)12-10-14/h9-12,16H,2-8,13H2,1H3. The van der Waals surface area contributed by atoms with Gasteiger partial charge in [0, 0.05) is 22.5 Å². The Bertz CT molecular complexity index is 423. The number of nitrogens with zero attached hydrogens (tertiary/aromatic N) is 1. The van der Waals surface area contributed by atoms with Gasteiger partial charge in [0.05, 0.1) is 0 Å². The van der Waals surface area contributed by atoms with Crippen LogP contribution in [-0.2, 0) is 0 Å². The van der Waals surface area contributed by atoms with Gasteiger partial charge in [-0.05, 0) is 44.5 Å². The average Bonchev–Trinajstić information content (AvgIpc) is 2.98.